The van der Waals surface area contributed by atoms with Crippen LogP contribution in [0.4, 0.5) is 5.69 Å². The summed E-state index contributed by atoms with van der Waals surface area (Å²) in [5.74, 6) is -1.52. The van der Waals surface area contributed by atoms with Crippen LogP contribution in [0.1, 0.15) is 26.3 Å². The summed E-state index contributed by atoms with van der Waals surface area (Å²) in [6, 6.07) is 20.5. The Morgan fingerprint density at radius 3 is 2.31 bits per heavy atom. The van der Waals surface area contributed by atoms with Crippen molar-refractivity contribution >= 4 is 50.1 Å². The van der Waals surface area contributed by atoms with Crippen LogP contribution in [0.25, 0.3) is 10.8 Å². The summed E-state index contributed by atoms with van der Waals surface area (Å²) in [5.41, 5.74) is 3.42. The third-order valence-corrected chi connectivity index (χ3v) is 5.79. The molecule has 0 aliphatic rings. The largest absolute Gasteiger partial charge is 0.340 e. The van der Waals surface area contributed by atoms with E-state index >= 15 is 0 Å². The number of fused-ring (bicyclic) bond motifs is 1. The van der Waals surface area contributed by atoms with E-state index in [9.17, 15) is 14.4 Å². The van der Waals surface area contributed by atoms with Crippen LogP contribution < -0.4 is 16.1 Å². The summed E-state index contributed by atoms with van der Waals surface area (Å²) in [6.45, 7) is 0. The number of benzene rings is 3. The molecule has 8 nitrogen and oxygen atoms in total. The fraction of sp³-hybridized carbons (Fsp3) is 0.0769. The van der Waals surface area contributed by atoms with Crippen LogP contribution in [-0.2, 0) is 11.2 Å². The number of halogens is 1. The number of rotatable bonds is 7. The second kappa shape index (κ2) is 10.9. The summed E-state index contributed by atoms with van der Waals surface area (Å²) in [7, 11) is 0. The van der Waals surface area contributed by atoms with Crippen molar-refractivity contribution in [3.05, 3.63) is 106 Å². The molecule has 0 aliphatic carbocycles. The highest BCUT2D eigenvalue weighted by molar-refractivity contribution is 9.10. The number of pyridine rings is 1. The molecular weight excluding hydrogens is 512 g/mol. The van der Waals surface area contributed by atoms with Gasteiger partial charge in [0.25, 0.3) is 11.8 Å². The zero-order chi connectivity index (χ0) is 24.8. The number of carbonyl (C=O) groups excluding carboxylic acids is 3. The standard InChI is InChI=1S/C26H21BrN4O4/c27-21-13-20(14-28-15-21)24(32)30-23(12-16-5-6-17-3-1-2-4-19(17)11-16)26(34)29-22-9-7-18(8-10-22)25(33)31-35/h1-11,13-15,23,35H,12H2,(H,29,34)(H,30,32)(H,31,33)/t23-/m0/s1. The highest BCUT2D eigenvalue weighted by Crippen LogP contribution is 2.18. The molecule has 0 radical (unpaired) electrons. The molecule has 35 heavy (non-hydrogen) atoms. The summed E-state index contributed by atoms with van der Waals surface area (Å²) in [5, 5.41) is 16.5. The second-order valence-electron chi connectivity index (χ2n) is 7.81. The molecule has 3 amide bonds. The first kappa shape index (κ1) is 24.1. The lowest BCUT2D eigenvalue weighted by atomic mass is 10.0. The van der Waals surface area contributed by atoms with Crippen molar-refractivity contribution in [3.8, 4) is 0 Å². The van der Waals surface area contributed by atoms with Crippen molar-refractivity contribution in [2.45, 2.75) is 12.5 Å². The van der Waals surface area contributed by atoms with Gasteiger partial charge >= 0.3 is 0 Å². The molecule has 9 heteroatoms. The maximum Gasteiger partial charge on any atom is 0.274 e. The number of hydrogen-bond donors (Lipinski definition) is 4. The Labute approximate surface area is 209 Å². The molecule has 0 saturated carbocycles. The van der Waals surface area contributed by atoms with E-state index in [-0.39, 0.29) is 12.0 Å². The lowest BCUT2D eigenvalue weighted by molar-refractivity contribution is -0.118. The molecule has 4 rings (SSSR count). The molecule has 176 valence electrons. The molecule has 0 saturated heterocycles. The summed E-state index contributed by atoms with van der Waals surface area (Å²) in [4.78, 5) is 41.7. The summed E-state index contributed by atoms with van der Waals surface area (Å²) < 4.78 is 0.646. The van der Waals surface area contributed by atoms with Gasteiger partial charge in [-0.25, -0.2) is 5.48 Å². The number of anilines is 1. The average molecular weight is 533 g/mol. The van der Waals surface area contributed by atoms with Crippen molar-refractivity contribution in [2.75, 3.05) is 5.32 Å². The van der Waals surface area contributed by atoms with Gasteiger partial charge in [0.2, 0.25) is 5.91 Å². The minimum atomic E-state index is -0.886. The maximum atomic E-state index is 13.2. The smallest absolute Gasteiger partial charge is 0.274 e. The predicted molar refractivity (Wildman–Crippen MR) is 135 cm³/mol. The van der Waals surface area contributed by atoms with Crippen molar-refractivity contribution < 1.29 is 19.6 Å². The number of nitrogens with one attached hydrogen (secondary N) is 3. The SMILES string of the molecule is O=C(NO)c1ccc(NC(=O)[C@H](Cc2ccc3ccccc3c2)NC(=O)c2cncc(Br)c2)cc1. The van der Waals surface area contributed by atoms with Crippen molar-refractivity contribution in [1.29, 1.82) is 0 Å². The highest BCUT2D eigenvalue weighted by Gasteiger charge is 2.23. The van der Waals surface area contributed by atoms with Gasteiger partial charge in [0.1, 0.15) is 6.04 Å². The quantitative estimate of drug-likeness (QED) is 0.211. The minimum absolute atomic E-state index is 0.230. The van der Waals surface area contributed by atoms with Gasteiger partial charge in [0.15, 0.2) is 0 Å². The van der Waals surface area contributed by atoms with E-state index < -0.39 is 23.8 Å². The van der Waals surface area contributed by atoms with E-state index in [1.807, 2.05) is 42.5 Å². The maximum absolute atomic E-state index is 13.2. The molecular formula is C26H21BrN4O4. The van der Waals surface area contributed by atoms with Crippen molar-refractivity contribution in [2.24, 2.45) is 0 Å². The first-order chi connectivity index (χ1) is 16.9. The fourth-order valence-corrected chi connectivity index (χ4v) is 3.95. The molecule has 3 aromatic carbocycles. The lowest BCUT2D eigenvalue weighted by Gasteiger charge is -2.19. The van der Waals surface area contributed by atoms with Crippen LogP contribution >= 0.6 is 15.9 Å². The number of nitrogens with zero attached hydrogens (tertiary/aromatic N) is 1. The Hall–Kier alpha value is -4.08. The van der Waals surface area contributed by atoms with Gasteiger partial charge in [-0.2, -0.15) is 0 Å². The molecule has 4 aromatic rings. The van der Waals surface area contributed by atoms with E-state index in [4.69, 9.17) is 5.21 Å². The third kappa shape index (κ3) is 6.08. The Morgan fingerprint density at radius 2 is 1.60 bits per heavy atom. The monoisotopic (exact) mass is 532 g/mol. The van der Waals surface area contributed by atoms with Gasteiger partial charge < -0.3 is 10.6 Å². The Morgan fingerprint density at radius 1 is 0.857 bits per heavy atom. The molecule has 1 atom stereocenters. The second-order valence-corrected chi connectivity index (χ2v) is 8.73. The topological polar surface area (TPSA) is 120 Å². The number of hydrogen-bond acceptors (Lipinski definition) is 5. The molecule has 0 spiro atoms. The molecule has 0 unspecified atom stereocenters. The zero-order valence-electron chi connectivity index (χ0n) is 18.4. The molecule has 0 aliphatic heterocycles. The molecule has 1 heterocycles. The van der Waals surface area contributed by atoms with Crippen molar-refractivity contribution in [1.82, 2.24) is 15.8 Å². The summed E-state index contributed by atoms with van der Waals surface area (Å²) in [6.07, 6.45) is 3.25. The van der Waals surface area contributed by atoms with Crippen LogP contribution in [0, 0.1) is 0 Å². The van der Waals surface area contributed by atoms with E-state index in [1.54, 1.807) is 17.7 Å². The van der Waals surface area contributed by atoms with Gasteiger partial charge in [-0.15, -0.1) is 0 Å². The first-order valence-electron chi connectivity index (χ1n) is 10.7. The van der Waals surface area contributed by atoms with Crippen LogP contribution in [-0.4, -0.2) is 34.0 Å². The van der Waals surface area contributed by atoms with Gasteiger partial charge in [-0.3, -0.25) is 24.6 Å². The third-order valence-electron chi connectivity index (χ3n) is 5.36. The number of aromatic nitrogens is 1. The number of amides is 3. The van der Waals surface area contributed by atoms with E-state index in [2.05, 4.69) is 31.5 Å². The minimum Gasteiger partial charge on any atom is -0.340 e. The molecule has 0 fully saturated rings. The van der Waals surface area contributed by atoms with Gasteiger partial charge in [-0.1, -0.05) is 42.5 Å². The Balaban J connectivity index is 1.57. The Kier molecular flexibility index (Phi) is 7.49. The van der Waals surface area contributed by atoms with Gasteiger partial charge in [0, 0.05) is 34.5 Å². The van der Waals surface area contributed by atoms with Gasteiger partial charge in [-0.05, 0) is 62.6 Å². The van der Waals surface area contributed by atoms with Crippen LogP contribution in [0.5, 0.6) is 0 Å². The fourth-order valence-electron chi connectivity index (χ4n) is 3.59. The number of hydroxylamine groups is 1. The van der Waals surface area contributed by atoms with Crippen LogP contribution in [0.3, 0.4) is 0 Å². The van der Waals surface area contributed by atoms with Gasteiger partial charge in [0.05, 0.1) is 5.56 Å². The average Bonchev–Trinajstić information content (AvgIpc) is 2.88. The molecule has 4 N–H and O–H groups in total. The molecule has 1 aromatic heterocycles. The molecule has 0 bridgehead atoms. The Bertz CT molecular complexity index is 1390. The summed E-state index contributed by atoms with van der Waals surface area (Å²) >= 11 is 3.30. The predicted octanol–water partition coefficient (Wildman–Crippen LogP) is 4.10. The number of carbonyl (C=O) groups is 3. The lowest BCUT2D eigenvalue weighted by Crippen LogP contribution is -2.45. The van der Waals surface area contributed by atoms with E-state index in [1.165, 1.54) is 30.5 Å². The highest BCUT2D eigenvalue weighted by atomic mass is 79.9. The zero-order valence-corrected chi connectivity index (χ0v) is 20.0. The first-order valence-corrected chi connectivity index (χ1v) is 11.5. The normalized spacial score (nSPS) is 11.5. The van der Waals surface area contributed by atoms with E-state index in [0.717, 1.165) is 16.3 Å². The van der Waals surface area contributed by atoms with Crippen LogP contribution in [0.15, 0.2) is 89.7 Å². The van der Waals surface area contributed by atoms with E-state index in [0.29, 0.717) is 15.7 Å². The van der Waals surface area contributed by atoms with Crippen molar-refractivity contribution in [3.63, 3.8) is 0 Å². The van der Waals surface area contributed by atoms with Crippen LogP contribution in [0.2, 0.25) is 0 Å².